The first-order chi connectivity index (χ1) is 14.0. The van der Waals surface area contributed by atoms with Crippen LogP contribution in [0.1, 0.15) is 31.2 Å². The van der Waals surface area contributed by atoms with Gasteiger partial charge in [0.2, 0.25) is 11.8 Å². The Bertz CT molecular complexity index is 717. The zero-order chi connectivity index (χ0) is 20.8. The highest BCUT2D eigenvalue weighted by Crippen LogP contribution is 2.20. The van der Waals surface area contributed by atoms with E-state index in [1.54, 1.807) is 4.90 Å². The number of hydrogen-bond donors (Lipinski definition) is 4. The number of nitrogens with two attached hydrogens (primary N) is 2. The number of benzene rings is 1. The molecule has 2 fully saturated rings. The minimum absolute atomic E-state index is 0.0451. The Morgan fingerprint density at radius 2 is 1.79 bits per heavy atom. The van der Waals surface area contributed by atoms with Gasteiger partial charge in [0.05, 0.1) is 6.04 Å². The van der Waals surface area contributed by atoms with Crippen LogP contribution in [-0.2, 0) is 16.0 Å². The molecule has 6 N–H and O–H groups in total. The molecule has 2 saturated heterocycles. The minimum Gasteiger partial charge on any atom is -0.370 e. The molecular weight excluding hydrogens is 368 g/mol. The van der Waals surface area contributed by atoms with Crippen LogP contribution in [0.4, 0.5) is 0 Å². The molecule has 3 rings (SSSR count). The number of primary amides is 1. The van der Waals surface area contributed by atoms with Crippen LogP contribution in [0.2, 0.25) is 0 Å². The van der Waals surface area contributed by atoms with Crippen LogP contribution in [0.15, 0.2) is 30.3 Å². The fourth-order valence-electron chi connectivity index (χ4n) is 4.31. The number of rotatable bonds is 7. The van der Waals surface area contributed by atoms with E-state index in [0.717, 1.165) is 44.5 Å². The van der Waals surface area contributed by atoms with Crippen molar-refractivity contribution in [2.45, 2.75) is 44.2 Å². The Hall–Kier alpha value is -2.61. The van der Waals surface area contributed by atoms with Crippen molar-refractivity contribution in [1.82, 2.24) is 15.1 Å². The molecular formula is C21H32N6O2. The SMILES string of the molecule is N=C(N)N1CCC(CN[C@@H](Cc2ccccc2)C(=O)N2CCC[C@H]2C(N)=O)CC1. The van der Waals surface area contributed by atoms with Crippen molar-refractivity contribution in [2.24, 2.45) is 17.4 Å². The van der Waals surface area contributed by atoms with Crippen LogP contribution in [0, 0.1) is 11.3 Å². The van der Waals surface area contributed by atoms with Crippen LogP contribution >= 0.6 is 0 Å². The van der Waals surface area contributed by atoms with Crippen LogP contribution in [0.5, 0.6) is 0 Å². The lowest BCUT2D eigenvalue weighted by Crippen LogP contribution is -2.53. The third-order valence-electron chi connectivity index (χ3n) is 6.05. The Kier molecular flexibility index (Phi) is 7.09. The van der Waals surface area contributed by atoms with Gasteiger partial charge in [0.25, 0.3) is 0 Å². The number of piperidine rings is 1. The van der Waals surface area contributed by atoms with Crippen molar-refractivity contribution in [1.29, 1.82) is 5.41 Å². The van der Waals surface area contributed by atoms with Crippen molar-refractivity contribution in [2.75, 3.05) is 26.2 Å². The van der Waals surface area contributed by atoms with Crippen molar-refractivity contribution in [3.05, 3.63) is 35.9 Å². The van der Waals surface area contributed by atoms with E-state index in [1.165, 1.54) is 0 Å². The molecule has 0 bridgehead atoms. The first kappa shape index (κ1) is 21.1. The van der Waals surface area contributed by atoms with Gasteiger partial charge in [0, 0.05) is 19.6 Å². The highest BCUT2D eigenvalue weighted by molar-refractivity contribution is 5.89. The number of carbonyl (C=O) groups is 2. The zero-order valence-electron chi connectivity index (χ0n) is 16.8. The molecule has 1 aromatic carbocycles. The Labute approximate surface area is 172 Å². The third-order valence-corrected chi connectivity index (χ3v) is 6.05. The third kappa shape index (κ3) is 5.47. The number of amides is 2. The fraction of sp³-hybridized carbons (Fsp3) is 0.571. The molecule has 2 atom stereocenters. The summed E-state index contributed by atoms with van der Waals surface area (Å²) in [6.07, 6.45) is 3.90. The van der Waals surface area contributed by atoms with E-state index in [-0.39, 0.29) is 17.9 Å². The Morgan fingerprint density at radius 3 is 2.41 bits per heavy atom. The van der Waals surface area contributed by atoms with E-state index in [0.29, 0.717) is 25.3 Å². The van der Waals surface area contributed by atoms with E-state index in [2.05, 4.69) is 5.32 Å². The first-order valence-corrected chi connectivity index (χ1v) is 10.4. The highest BCUT2D eigenvalue weighted by Gasteiger charge is 2.36. The van der Waals surface area contributed by atoms with E-state index in [9.17, 15) is 9.59 Å². The minimum atomic E-state index is -0.499. The molecule has 2 aliphatic rings. The molecule has 0 saturated carbocycles. The van der Waals surface area contributed by atoms with E-state index >= 15 is 0 Å². The van der Waals surface area contributed by atoms with Crippen molar-refractivity contribution >= 4 is 17.8 Å². The molecule has 0 radical (unpaired) electrons. The maximum absolute atomic E-state index is 13.3. The summed E-state index contributed by atoms with van der Waals surface area (Å²) in [6, 6.07) is 9.04. The van der Waals surface area contributed by atoms with Gasteiger partial charge in [-0.2, -0.15) is 0 Å². The van der Waals surface area contributed by atoms with Crippen LogP contribution in [-0.4, -0.2) is 65.8 Å². The van der Waals surface area contributed by atoms with Gasteiger partial charge in [0.15, 0.2) is 5.96 Å². The standard InChI is InChI=1S/C21H32N6O2/c22-19(28)18-7-4-10-27(18)20(29)17(13-15-5-2-1-3-6-15)25-14-16-8-11-26(12-9-16)21(23)24/h1-3,5-6,16-18,25H,4,7-14H2,(H2,22,28)(H3,23,24)/t17-,18-/m0/s1. The molecule has 158 valence electrons. The number of hydrogen-bond acceptors (Lipinski definition) is 4. The summed E-state index contributed by atoms with van der Waals surface area (Å²) in [4.78, 5) is 28.6. The summed E-state index contributed by atoms with van der Waals surface area (Å²) in [6.45, 7) is 2.85. The predicted octanol–water partition coefficient (Wildman–Crippen LogP) is 0.269. The lowest BCUT2D eigenvalue weighted by Gasteiger charge is -2.34. The second-order valence-electron chi connectivity index (χ2n) is 8.06. The molecule has 2 amide bonds. The number of nitrogens with one attached hydrogen (secondary N) is 2. The van der Waals surface area contributed by atoms with E-state index in [1.807, 2.05) is 35.2 Å². The monoisotopic (exact) mass is 400 g/mol. The average Bonchev–Trinajstić information content (AvgIpc) is 3.22. The molecule has 2 heterocycles. The van der Waals surface area contributed by atoms with Crippen LogP contribution in [0.25, 0.3) is 0 Å². The summed E-state index contributed by atoms with van der Waals surface area (Å²) in [5.74, 6) is 0.0875. The molecule has 0 spiro atoms. The predicted molar refractivity (Wildman–Crippen MR) is 112 cm³/mol. The number of nitrogens with zero attached hydrogens (tertiary/aromatic N) is 2. The van der Waals surface area contributed by atoms with Gasteiger partial charge >= 0.3 is 0 Å². The second kappa shape index (κ2) is 9.73. The smallest absolute Gasteiger partial charge is 0.240 e. The van der Waals surface area contributed by atoms with Gasteiger partial charge in [-0.05, 0) is 50.1 Å². The quantitative estimate of drug-likeness (QED) is 0.386. The molecule has 2 aliphatic heterocycles. The Morgan fingerprint density at radius 1 is 1.10 bits per heavy atom. The van der Waals surface area contributed by atoms with Crippen molar-refractivity contribution < 1.29 is 9.59 Å². The number of likely N-dealkylation sites (tertiary alicyclic amines) is 2. The topological polar surface area (TPSA) is 129 Å². The van der Waals surface area contributed by atoms with Gasteiger partial charge < -0.3 is 26.6 Å². The summed E-state index contributed by atoms with van der Waals surface area (Å²) < 4.78 is 0. The number of guanidine groups is 1. The molecule has 8 nitrogen and oxygen atoms in total. The van der Waals surface area contributed by atoms with Gasteiger partial charge in [-0.1, -0.05) is 30.3 Å². The van der Waals surface area contributed by atoms with E-state index < -0.39 is 11.9 Å². The zero-order valence-corrected chi connectivity index (χ0v) is 16.8. The summed E-state index contributed by atoms with van der Waals surface area (Å²) >= 11 is 0. The molecule has 8 heteroatoms. The molecule has 29 heavy (non-hydrogen) atoms. The molecule has 0 unspecified atom stereocenters. The van der Waals surface area contributed by atoms with Crippen LogP contribution < -0.4 is 16.8 Å². The molecule has 0 aliphatic carbocycles. The largest absolute Gasteiger partial charge is 0.370 e. The fourth-order valence-corrected chi connectivity index (χ4v) is 4.31. The normalized spacial score (nSPS) is 21.2. The average molecular weight is 401 g/mol. The summed E-state index contributed by atoms with van der Waals surface area (Å²) in [5, 5.41) is 11.0. The highest BCUT2D eigenvalue weighted by atomic mass is 16.2. The first-order valence-electron chi connectivity index (χ1n) is 10.4. The van der Waals surface area contributed by atoms with Crippen LogP contribution in [0.3, 0.4) is 0 Å². The molecule has 1 aromatic rings. The maximum atomic E-state index is 13.3. The van der Waals surface area contributed by atoms with Gasteiger partial charge in [-0.25, -0.2) is 0 Å². The second-order valence-corrected chi connectivity index (χ2v) is 8.06. The Balaban J connectivity index is 1.64. The van der Waals surface area contributed by atoms with Gasteiger partial charge in [-0.3, -0.25) is 15.0 Å². The summed E-state index contributed by atoms with van der Waals surface area (Å²) in [7, 11) is 0. The number of carbonyl (C=O) groups excluding carboxylic acids is 2. The maximum Gasteiger partial charge on any atom is 0.240 e. The summed E-state index contributed by atoms with van der Waals surface area (Å²) in [5.41, 5.74) is 12.2. The van der Waals surface area contributed by atoms with Crippen molar-refractivity contribution in [3.63, 3.8) is 0 Å². The lowest BCUT2D eigenvalue weighted by molar-refractivity contribution is -0.139. The van der Waals surface area contributed by atoms with E-state index in [4.69, 9.17) is 16.9 Å². The lowest BCUT2D eigenvalue weighted by atomic mass is 9.96. The van der Waals surface area contributed by atoms with Crippen molar-refractivity contribution in [3.8, 4) is 0 Å². The van der Waals surface area contributed by atoms with Gasteiger partial charge in [0.1, 0.15) is 6.04 Å². The van der Waals surface area contributed by atoms with Gasteiger partial charge in [-0.15, -0.1) is 0 Å². The molecule has 0 aromatic heterocycles.